The summed E-state index contributed by atoms with van der Waals surface area (Å²) < 4.78 is 9.70. The standard InChI is InChI=1S/C70H53N3O/c1-69(2)59-24-12-10-22-56(59)66-61(69)39-38-55-54-23-16-27-65(67(54)74-68(55)66)71(50-34-28-45(29-35-50)47-32-40-63-57(43-47)53-21-11-13-26-62(53)72(63)49-17-6-4-7-18-49)51-36-30-46(31-37-51)48-33-41-64-58(44-48)60-25-14-15-42-70(60,3)73(64)52-19-8-5-9-20-52/h4-15,17-22,24-44,60H,16,23H2,1-3H3. The minimum atomic E-state index is -0.199. The lowest BCUT2D eigenvalue weighted by Crippen LogP contribution is -2.41. The minimum absolute atomic E-state index is 0.116. The van der Waals surface area contributed by atoms with Gasteiger partial charge >= 0.3 is 0 Å². The number of benzene rings is 9. The van der Waals surface area contributed by atoms with E-state index in [4.69, 9.17) is 4.42 Å². The largest absolute Gasteiger partial charge is 0.454 e. The van der Waals surface area contributed by atoms with E-state index < -0.39 is 0 Å². The van der Waals surface area contributed by atoms with Gasteiger partial charge < -0.3 is 18.8 Å². The van der Waals surface area contributed by atoms with Crippen LogP contribution in [0.2, 0.25) is 0 Å². The first-order valence-electron chi connectivity index (χ1n) is 26.2. The Balaban J connectivity index is 0.843. The molecule has 1 aliphatic heterocycles. The van der Waals surface area contributed by atoms with Crippen molar-refractivity contribution in [3.63, 3.8) is 0 Å². The molecular formula is C70H53N3O. The van der Waals surface area contributed by atoms with Crippen molar-refractivity contribution < 1.29 is 4.42 Å². The summed E-state index contributed by atoms with van der Waals surface area (Å²) >= 11 is 0. The zero-order valence-corrected chi connectivity index (χ0v) is 41.8. The first-order valence-corrected chi connectivity index (χ1v) is 26.2. The first-order chi connectivity index (χ1) is 36.3. The molecule has 3 heterocycles. The Morgan fingerprint density at radius 2 is 1.19 bits per heavy atom. The molecule has 4 aliphatic rings. The van der Waals surface area contributed by atoms with Crippen LogP contribution >= 0.6 is 0 Å². The van der Waals surface area contributed by atoms with Crippen molar-refractivity contribution in [3.8, 4) is 39.1 Å². The molecule has 354 valence electrons. The third-order valence-electron chi connectivity index (χ3n) is 16.9. The van der Waals surface area contributed by atoms with Crippen LogP contribution in [-0.4, -0.2) is 10.1 Å². The lowest BCUT2D eigenvalue weighted by Gasteiger charge is -2.39. The molecular weight excluding hydrogens is 899 g/mol. The van der Waals surface area contributed by atoms with Crippen LogP contribution in [0.4, 0.5) is 22.7 Å². The molecule has 15 rings (SSSR count). The van der Waals surface area contributed by atoms with Gasteiger partial charge in [-0.05, 0) is 143 Å². The van der Waals surface area contributed by atoms with Crippen molar-refractivity contribution in [2.75, 3.05) is 9.80 Å². The van der Waals surface area contributed by atoms with E-state index in [1.807, 2.05) is 0 Å². The predicted octanol–water partition coefficient (Wildman–Crippen LogP) is 18.4. The predicted molar refractivity (Wildman–Crippen MR) is 308 cm³/mol. The average molecular weight is 952 g/mol. The molecule has 4 nitrogen and oxygen atoms in total. The molecule has 74 heavy (non-hydrogen) atoms. The number of hydrogen-bond acceptors (Lipinski definition) is 3. The number of rotatable bonds is 7. The van der Waals surface area contributed by atoms with Gasteiger partial charge in [0, 0.05) is 67.1 Å². The maximum Gasteiger partial charge on any atom is 0.155 e. The number of nitrogens with zero attached hydrogens (tertiary/aromatic N) is 3. The van der Waals surface area contributed by atoms with E-state index in [2.05, 4.69) is 272 Å². The maximum absolute atomic E-state index is 7.32. The summed E-state index contributed by atoms with van der Waals surface area (Å²) in [5, 5.41) is 3.71. The Hall–Kier alpha value is -8.86. The summed E-state index contributed by atoms with van der Waals surface area (Å²) in [7, 11) is 0. The third-order valence-corrected chi connectivity index (χ3v) is 16.9. The van der Waals surface area contributed by atoms with Crippen molar-refractivity contribution >= 4 is 61.2 Å². The second kappa shape index (κ2) is 16.1. The number of hydrogen-bond donors (Lipinski definition) is 0. The second-order valence-corrected chi connectivity index (χ2v) is 21.3. The lowest BCUT2D eigenvalue weighted by atomic mass is 9.80. The van der Waals surface area contributed by atoms with Crippen LogP contribution in [0.3, 0.4) is 0 Å². The quantitative estimate of drug-likeness (QED) is 0.159. The molecule has 0 bridgehead atoms. The van der Waals surface area contributed by atoms with Crippen LogP contribution in [0.15, 0.2) is 241 Å². The number of para-hydroxylation sites is 3. The Morgan fingerprint density at radius 1 is 0.541 bits per heavy atom. The summed E-state index contributed by atoms with van der Waals surface area (Å²) in [5.41, 5.74) is 22.5. The highest BCUT2D eigenvalue weighted by molar-refractivity contribution is 6.11. The van der Waals surface area contributed by atoms with Crippen LogP contribution in [0.1, 0.15) is 61.1 Å². The summed E-state index contributed by atoms with van der Waals surface area (Å²) in [6.45, 7) is 7.06. The van der Waals surface area contributed by atoms with Gasteiger partial charge in [0.2, 0.25) is 0 Å². The number of allylic oxidation sites excluding steroid dienone is 3. The average Bonchev–Trinajstić information content (AvgIpc) is 4.17. The Bertz CT molecular complexity index is 4170. The second-order valence-electron chi connectivity index (χ2n) is 21.3. The number of aryl methyl sites for hydroxylation is 1. The van der Waals surface area contributed by atoms with Gasteiger partial charge in [0.1, 0.15) is 5.58 Å². The fraction of sp³-hybridized carbons (Fsp3) is 0.114. The molecule has 11 aromatic rings. The van der Waals surface area contributed by atoms with E-state index in [1.54, 1.807) is 0 Å². The van der Waals surface area contributed by atoms with E-state index >= 15 is 0 Å². The first kappa shape index (κ1) is 42.8. The number of furan rings is 1. The van der Waals surface area contributed by atoms with Crippen LogP contribution in [0, 0.1) is 0 Å². The van der Waals surface area contributed by atoms with Gasteiger partial charge in [-0.25, -0.2) is 0 Å². The minimum Gasteiger partial charge on any atom is -0.454 e. The summed E-state index contributed by atoms with van der Waals surface area (Å²) in [6, 6.07) is 76.2. The van der Waals surface area contributed by atoms with Crippen LogP contribution in [-0.2, 0) is 11.8 Å². The molecule has 4 heteroatoms. The van der Waals surface area contributed by atoms with Gasteiger partial charge in [0.25, 0.3) is 0 Å². The smallest absolute Gasteiger partial charge is 0.155 e. The van der Waals surface area contributed by atoms with Gasteiger partial charge in [-0.1, -0.05) is 172 Å². The Kier molecular flexibility index (Phi) is 9.29. The molecule has 2 atom stereocenters. The summed E-state index contributed by atoms with van der Waals surface area (Å²) in [6.07, 6.45) is 13.4. The fourth-order valence-corrected chi connectivity index (χ4v) is 13.3. The van der Waals surface area contributed by atoms with Gasteiger partial charge in [-0.2, -0.15) is 0 Å². The molecule has 0 N–H and O–H groups in total. The molecule has 9 aromatic carbocycles. The van der Waals surface area contributed by atoms with Crippen LogP contribution in [0.5, 0.6) is 0 Å². The SMILES string of the molecule is CC1(C)c2ccccc2-c2c1ccc1c3c(oc21)C(N(c1ccc(-c2ccc4c(c2)C2C=CC=CC2(C)N4c2ccccc2)cc1)c1ccc(-c2ccc4c(c2)c2ccccc2n4-c2ccccc2)cc1)=CCC3. The van der Waals surface area contributed by atoms with Crippen molar-refractivity contribution in [1.29, 1.82) is 0 Å². The van der Waals surface area contributed by atoms with Crippen LogP contribution < -0.4 is 9.80 Å². The number of anilines is 4. The highest BCUT2D eigenvalue weighted by Crippen LogP contribution is 2.56. The highest BCUT2D eigenvalue weighted by Gasteiger charge is 2.47. The monoisotopic (exact) mass is 951 g/mol. The van der Waals surface area contributed by atoms with Gasteiger partial charge in [0.15, 0.2) is 5.76 Å². The van der Waals surface area contributed by atoms with Gasteiger partial charge in [0.05, 0.1) is 22.3 Å². The molecule has 0 fully saturated rings. The number of fused-ring (bicyclic) bond motifs is 13. The van der Waals surface area contributed by atoms with Crippen molar-refractivity contribution in [2.24, 2.45) is 0 Å². The normalized spacial score (nSPS) is 17.8. The molecule has 0 radical (unpaired) electrons. The van der Waals surface area contributed by atoms with E-state index in [0.29, 0.717) is 0 Å². The molecule has 3 aliphatic carbocycles. The summed E-state index contributed by atoms with van der Waals surface area (Å²) in [4.78, 5) is 4.94. The summed E-state index contributed by atoms with van der Waals surface area (Å²) in [5.74, 6) is 1.18. The molecule has 0 saturated heterocycles. The molecule has 0 spiro atoms. The van der Waals surface area contributed by atoms with Crippen molar-refractivity contribution in [1.82, 2.24) is 4.57 Å². The zero-order valence-electron chi connectivity index (χ0n) is 41.8. The topological polar surface area (TPSA) is 24.6 Å². The fourth-order valence-electron chi connectivity index (χ4n) is 13.3. The lowest BCUT2D eigenvalue weighted by molar-refractivity contribution is 0.542. The maximum atomic E-state index is 7.32. The van der Waals surface area contributed by atoms with E-state index in [0.717, 1.165) is 46.9 Å². The van der Waals surface area contributed by atoms with Gasteiger partial charge in [-0.15, -0.1) is 0 Å². The molecule has 2 unspecified atom stereocenters. The van der Waals surface area contributed by atoms with Crippen molar-refractivity contribution in [3.05, 3.63) is 265 Å². The molecule has 0 amide bonds. The Morgan fingerprint density at radius 3 is 1.96 bits per heavy atom. The van der Waals surface area contributed by atoms with E-state index in [9.17, 15) is 0 Å². The number of aromatic nitrogens is 1. The molecule has 2 aromatic heterocycles. The Labute approximate surface area is 432 Å². The van der Waals surface area contributed by atoms with Crippen LogP contribution in [0.25, 0.3) is 77.5 Å². The van der Waals surface area contributed by atoms with E-state index in [-0.39, 0.29) is 16.9 Å². The van der Waals surface area contributed by atoms with Gasteiger partial charge in [-0.3, -0.25) is 0 Å². The zero-order chi connectivity index (χ0) is 49.3. The van der Waals surface area contributed by atoms with E-state index in [1.165, 1.54) is 94.2 Å². The molecule has 0 saturated carbocycles. The van der Waals surface area contributed by atoms with Crippen molar-refractivity contribution in [2.45, 2.75) is 50.5 Å². The highest BCUT2D eigenvalue weighted by atomic mass is 16.3. The third kappa shape index (κ3) is 6.21.